The van der Waals surface area contributed by atoms with Crippen LogP contribution in [0.25, 0.3) is 0 Å². The van der Waals surface area contributed by atoms with Crippen LogP contribution in [0, 0.1) is 5.82 Å². The minimum Gasteiger partial charge on any atom is -0.493 e. The normalized spacial score (nSPS) is 10.6. The topological polar surface area (TPSA) is 85.3 Å². The summed E-state index contributed by atoms with van der Waals surface area (Å²) in [6, 6.07) is 16.8. The number of carboxylic acids is 1. The van der Waals surface area contributed by atoms with Crippen molar-refractivity contribution in [1.29, 1.82) is 0 Å². The molecule has 1 N–H and O–H groups in total. The lowest BCUT2D eigenvalue weighted by atomic mass is 10.1. The second-order valence-electron chi connectivity index (χ2n) is 8.26. The van der Waals surface area contributed by atoms with E-state index in [4.69, 9.17) is 19.3 Å². The van der Waals surface area contributed by atoms with Crippen molar-refractivity contribution < 1.29 is 33.3 Å². The molecule has 0 saturated carbocycles. The Bertz CT molecular complexity index is 1170. The maximum absolute atomic E-state index is 13.6. The summed E-state index contributed by atoms with van der Waals surface area (Å²) in [6.45, 7) is 0.731. The smallest absolute Gasteiger partial charge is 0.307 e. The Morgan fingerprint density at radius 1 is 0.861 bits per heavy atom. The average Bonchev–Trinajstić information content (AvgIpc) is 2.87. The van der Waals surface area contributed by atoms with E-state index in [0.717, 1.165) is 11.1 Å². The van der Waals surface area contributed by atoms with Gasteiger partial charge in [0.2, 0.25) is 5.75 Å². The molecular formula is C28H30FNO6. The zero-order valence-electron chi connectivity index (χ0n) is 20.6. The van der Waals surface area contributed by atoms with Gasteiger partial charge in [-0.3, -0.25) is 9.59 Å². The standard InChI is InChI=1S/C28H30FNO6/c1-34-24-16-22(17-25(35-2)27(24)36-3)28(33)30(13-5-7-19-6-4-8-23(29)14-19)18-21-11-9-20(10-12-21)15-26(31)32/h4,6,8-12,14,16-17H,5,7,13,15,18H2,1-3H3,(H,31,32). The summed E-state index contributed by atoms with van der Waals surface area (Å²) >= 11 is 0. The van der Waals surface area contributed by atoms with Crippen molar-refractivity contribution in [3.63, 3.8) is 0 Å². The van der Waals surface area contributed by atoms with Gasteiger partial charge >= 0.3 is 5.97 Å². The van der Waals surface area contributed by atoms with Crippen LogP contribution in [0.15, 0.2) is 60.7 Å². The van der Waals surface area contributed by atoms with E-state index >= 15 is 0 Å². The van der Waals surface area contributed by atoms with Crippen molar-refractivity contribution >= 4 is 11.9 Å². The zero-order chi connectivity index (χ0) is 26.1. The molecule has 0 bridgehead atoms. The monoisotopic (exact) mass is 495 g/mol. The fourth-order valence-corrected chi connectivity index (χ4v) is 3.96. The molecule has 1 amide bonds. The van der Waals surface area contributed by atoms with Crippen LogP contribution in [0.2, 0.25) is 0 Å². The molecule has 0 atom stereocenters. The molecule has 0 spiro atoms. The number of hydrogen-bond donors (Lipinski definition) is 1. The van der Waals surface area contributed by atoms with Crippen LogP contribution < -0.4 is 14.2 Å². The number of amides is 1. The van der Waals surface area contributed by atoms with Crippen molar-refractivity contribution in [3.05, 3.63) is 88.7 Å². The van der Waals surface area contributed by atoms with Crippen molar-refractivity contribution in [3.8, 4) is 17.2 Å². The number of hydrogen-bond acceptors (Lipinski definition) is 5. The van der Waals surface area contributed by atoms with Gasteiger partial charge < -0.3 is 24.2 Å². The molecule has 0 unspecified atom stereocenters. The highest BCUT2D eigenvalue weighted by atomic mass is 19.1. The number of carboxylic acid groups (broad SMARTS) is 1. The third-order valence-corrected chi connectivity index (χ3v) is 5.73. The van der Waals surface area contributed by atoms with E-state index in [9.17, 15) is 14.0 Å². The van der Waals surface area contributed by atoms with E-state index in [-0.39, 0.29) is 18.1 Å². The number of methoxy groups -OCH3 is 3. The molecule has 7 nitrogen and oxygen atoms in total. The maximum Gasteiger partial charge on any atom is 0.307 e. The van der Waals surface area contributed by atoms with E-state index in [0.29, 0.717) is 54.3 Å². The van der Waals surface area contributed by atoms with Crippen LogP contribution in [-0.4, -0.2) is 49.8 Å². The summed E-state index contributed by atoms with van der Waals surface area (Å²) in [5.41, 5.74) is 2.77. The van der Waals surface area contributed by atoms with E-state index < -0.39 is 5.97 Å². The number of halogens is 1. The lowest BCUT2D eigenvalue weighted by Crippen LogP contribution is -2.32. The second kappa shape index (κ2) is 12.6. The lowest BCUT2D eigenvalue weighted by molar-refractivity contribution is -0.136. The highest BCUT2D eigenvalue weighted by Gasteiger charge is 2.21. The number of carbonyl (C=O) groups excluding carboxylic acids is 1. The Balaban J connectivity index is 1.85. The number of aryl methyl sites for hydroxylation is 1. The first-order valence-electron chi connectivity index (χ1n) is 11.5. The van der Waals surface area contributed by atoms with E-state index in [2.05, 4.69) is 0 Å². The molecule has 190 valence electrons. The van der Waals surface area contributed by atoms with Crippen LogP contribution in [0.5, 0.6) is 17.2 Å². The van der Waals surface area contributed by atoms with Gasteiger partial charge in [0.15, 0.2) is 11.5 Å². The summed E-state index contributed by atoms with van der Waals surface area (Å²) < 4.78 is 29.7. The number of benzene rings is 3. The molecule has 36 heavy (non-hydrogen) atoms. The minimum atomic E-state index is -0.903. The Morgan fingerprint density at radius 3 is 2.06 bits per heavy atom. The summed E-state index contributed by atoms with van der Waals surface area (Å²) in [7, 11) is 4.47. The second-order valence-corrected chi connectivity index (χ2v) is 8.26. The van der Waals surface area contributed by atoms with Crippen LogP contribution >= 0.6 is 0 Å². The van der Waals surface area contributed by atoms with Crippen LogP contribution in [0.4, 0.5) is 4.39 Å². The van der Waals surface area contributed by atoms with E-state index in [1.807, 2.05) is 18.2 Å². The largest absolute Gasteiger partial charge is 0.493 e. The zero-order valence-corrected chi connectivity index (χ0v) is 20.6. The van der Waals surface area contributed by atoms with Crippen LogP contribution in [0.3, 0.4) is 0 Å². The van der Waals surface area contributed by atoms with E-state index in [1.54, 1.807) is 35.2 Å². The Labute approximate surface area is 210 Å². The van der Waals surface area contributed by atoms with Gasteiger partial charge in [0, 0.05) is 18.7 Å². The van der Waals surface area contributed by atoms with Crippen molar-refractivity contribution in [2.45, 2.75) is 25.8 Å². The van der Waals surface area contributed by atoms with E-state index in [1.165, 1.54) is 33.5 Å². The van der Waals surface area contributed by atoms with Gasteiger partial charge in [-0.2, -0.15) is 0 Å². The Morgan fingerprint density at radius 2 is 1.50 bits per heavy atom. The highest BCUT2D eigenvalue weighted by molar-refractivity contribution is 5.95. The summed E-state index contributed by atoms with van der Waals surface area (Å²) in [6.07, 6.45) is 1.16. The predicted octanol–water partition coefficient (Wildman–Crippen LogP) is 4.75. The first-order valence-corrected chi connectivity index (χ1v) is 11.5. The van der Waals surface area contributed by atoms with Gasteiger partial charge in [-0.05, 0) is 53.8 Å². The first kappa shape index (κ1) is 26.5. The molecule has 0 aliphatic heterocycles. The van der Waals surface area contributed by atoms with Crippen LogP contribution in [0.1, 0.15) is 33.5 Å². The fraction of sp³-hybridized carbons (Fsp3) is 0.286. The fourth-order valence-electron chi connectivity index (χ4n) is 3.96. The Kier molecular flexibility index (Phi) is 9.27. The molecule has 3 aromatic rings. The number of carbonyl (C=O) groups is 2. The molecule has 0 radical (unpaired) electrons. The van der Waals surface area contributed by atoms with Gasteiger partial charge in [-0.1, -0.05) is 36.4 Å². The first-order chi connectivity index (χ1) is 17.3. The van der Waals surface area contributed by atoms with Crippen molar-refractivity contribution in [2.24, 2.45) is 0 Å². The SMILES string of the molecule is COc1cc(C(=O)N(CCCc2cccc(F)c2)Cc2ccc(CC(=O)O)cc2)cc(OC)c1OC. The third-order valence-electron chi connectivity index (χ3n) is 5.73. The molecule has 3 aromatic carbocycles. The summed E-state index contributed by atoms with van der Waals surface area (Å²) in [5, 5.41) is 9.01. The van der Waals surface area contributed by atoms with Gasteiger partial charge in [-0.15, -0.1) is 0 Å². The number of aliphatic carboxylic acids is 1. The molecule has 3 rings (SSSR count). The molecule has 0 aliphatic carbocycles. The maximum atomic E-state index is 13.6. The lowest BCUT2D eigenvalue weighted by Gasteiger charge is -2.24. The van der Waals surface area contributed by atoms with Gasteiger partial charge in [-0.25, -0.2) is 4.39 Å². The number of nitrogens with zero attached hydrogens (tertiary/aromatic N) is 1. The molecular weight excluding hydrogens is 465 g/mol. The van der Waals surface area contributed by atoms with Crippen LogP contribution in [-0.2, 0) is 24.2 Å². The summed E-state index contributed by atoms with van der Waals surface area (Å²) in [5.74, 6) is -0.291. The Hall–Kier alpha value is -4.07. The summed E-state index contributed by atoms with van der Waals surface area (Å²) in [4.78, 5) is 26.3. The average molecular weight is 496 g/mol. The molecule has 0 aliphatic rings. The molecule has 0 aromatic heterocycles. The van der Waals surface area contributed by atoms with Gasteiger partial charge in [0.1, 0.15) is 5.82 Å². The quantitative estimate of drug-likeness (QED) is 0.390. The van der Waals surface area contributed by atoms with Crippen molar-refractivity contribution in [2.75, 3.05) is 27.9 Å². The number of ether oxygens (including phenoxy) is 3. The third kappa shape index (κ3) is 6.97. The molecule has 0 saturated heterocycles. The van der Waals surface area contributed by atoms with Gasteiger partial charge in [0.25, 0.3) is 5.91 Å². The molecule has 8 heteroatoms. The molecule has 0 fully saturated rings. The number of rotatable bonds is 12. The molecule has 0 heterocycles. The van der Waals surface area contributed by atoms with Gasteiger partial charge in [0.05, 0.1) is 27.8 Å². The highest BCUT2D eigenvalue weighted by Crippen LogP contribution is 2.38. The predicted molar refractivity (Wildman–Crippen MR) is 133 cm³/mol. The van der Waals surface area contributed by atoms with Crippen molar-refractivity contribution in [1.82, 2.24) is 4.90 Å². The minimum absolute atomic E-state index is 0.0675.